The van der Waals surface area contributed by atoms with E-state index in [1.54, 1.807) is 6.07 Å². The summed E-state index contributed by atoms with van der Waals surface area (Å²) in [6.45, 7) is 5.98. The van der Waals surface area contributed by atoms with Crippen LogP contribution in [0.2, 0.25) is 0 Å². The molecule has 0 spiro atoms. The third-order valence-corrected chi connectivity index (χ3v) is 7.74. The Labute approximate surface area is 201 Å². The number of carbonyl (C=O) groups excluding carboxylic acids is 3. The molecule has 2 aliphatic heterocycles. The Morgan fingerprint density at radius 3 is 2.29 bits per heavy atom. The molecular formula is C23H34N4O6S. The highest BCUT2D eigenvalue weighted by Gasteiger charge is 2.29. The number of hydrogen-bond donors (Lipinski definition) is 2. The molecule has 11 heteroatoms. The van der Waals surface area contributed by atoms with Crippen molar-refractivity contribution < 1.29 is 27.5 Å². The number of amides is 3. The summed E-state index contributed by atoms with van der Waals surface area (Å²) in [5.41, 5.74) is 0.673. The van der Waals surface area contributed by atoms with Gasteiger partial charge in [-0.1, -0.05) is 20.3 Å². The molecular weight excluding hydrogens is 460 g/mol. The van der Waals surface area contributed by atoms with Gasteiger partial charge in [0, 0.05) is 32.7 Å². The Kier molecular flexibility index (Phi) is 8.90. The van der Waals surface area contributed by atoms with Crippen molar-refractivity contribution in [2.24, 2.45) is 5.92 Å². The number of nitrogens with zero attached hydrogens (tertiary/aromatic N) is 2. The Morgan fingerprint density at radius 2 is 1.65 bits per heavy atom. The predicted molar refractivity (Wildman–Crippen MR) is 127 cm³/mol. The molecule has 2 fully saturated rings. The first kappa shape index (κ1) is 26.0. The first-order valence-electron chi connectivity index (χ1n) is 11.8. The molecule has 2 saturated heterocycles. The van der Waals surface area contributed by atoms with Gasteiger partial charge in [-0.3, -0.25) is 10.1 Å². The number of imide groups is 1. The van der Waals surface area contributed by atoms with Crippen molar-refractivity contribution in [1.82, 2.24) is 14.9 Å². The lowest BCUT2D eigenvalue weighted by atomic mass is 10.1. The smallest absolute Gasteiger partial charge is 0.340 e. The molecule has 1 aromatic carbocycles. The Hall–Kier alpha value is -2.66. The minimum Gasteiger partial charge on any atom is -0.452 e. The van der Waals surface area contributed by atoms with Gasteiger partial charge in [-0.2, -0.15) is 4.31 Å². The summed E-state index contributed by atoms with van der Waals surface area (Å²) in [4.78, 5) is 38.8. The molecule has 10 nitrogen and oxygen atoms in total. The molecule has 2 heterocycles. The van der Waals surface area contributed by atoms with Crippen LogP contribution in [0, 0.1) is 5.92 Å². The van der Waals surface area contributed by atoms with Gasteiger partial charge in [0.25, 0.3) is 5.91 Å². The highest BCUT2D eigenvalue weighted by atomic mass is 32.2. The number of urea groups is 1. The molecule has 34 heavy (non-hydrogen) atoms. The zero-order chi connectivity index (χ0) is 24.7. The number of rotatable bonds is 8. The fraction of sp³-hybridized carbons (Fsp3) is 0.609. The second-order valence-corrected chi connectivity index (χ2v) is 11.0. The zero-order valence-corrected chi connectivity index (χ0v) is 20.7. The summed E-state index contributed by atoms with van der Waals surface area (Å²) < 4.78 is 32.9. The average Bonchev–Trinajstić information content (AvgIpc) is 3.36. The van der Waals surface area contributed by atoms with E-state index in [2.05, 4.69) is 10.6 Å². The molecule has 0 aliphatic carbocycles. The normalized spacial score (nSPS) is 17.0. The maximum absolute atomic E-state index is 13.1. The van der Waals surface area contributed by atoms with Crippen LogP contribution in [-0.4, -0.2) is 70.0 Å². The highest BCUT2D eigenvalue weighted by molar-refractivity contribution is 7.89. The third kappa shape index (κ3) is 6.69. The third-order valence-electron chi connectivity index (χ3n) is 5.85. The monoisotopic (exact) mass is 494 g/mol. The van der Waals surface area contributed by atoms with Gasteiger partial charge in [0.1, 0.15) is 0 Å². The molecule has 0 radical (unpaired) electrons. The lowest BCUT2D eigenvalue weighted by Gasteiger charge is -2.27. The van der Waals surface area contributed by atoms with Crippen LogP contribution in [0.5, 0.6) is 0 Å². The van der Waals surface area contributed by atoms with E-state index in [9.17, 15) is 22.8 Å². The van der Waals surface area contributed by atoms with Crippen LogP contribution in [-0.2, 0) is 19.6 Å². The van der Waals surface area contributed by atoms with E-state index in [1.165, 1.54) is 16.4 Å². The Morgan fingerprint density at radius 1 is 1.00 bits per heavy atom. The average molecular weight is 495 g/mol. The van der Waals surface area contributed by atoms with Crippen LogP contribution < -0.4 is 15.5 Å². The van der Waals surface area contributed by atoms with Crippen molar-refractivity contribution in [3.63, 3.8) is 0 Å². The SMILES string of the molecule is CC(C)CNC(=O)NC(=O)COC(=O)c1cc(S(=O)(=O)N2CCCCC2)ccc1N1CCCC1. The number of sulfonamides is 1. The van der Waals surface area contributed by atoms with Gasteiger partial charge in [-0.25, -0.2) is 18.0 Å². The summed E-state index contributed by atoms with van der Waals surface area (Å²) in [6.07, 6.45) is 4.54. The number of hydrogen-bond acceptors (Lipinski definition) is 7. The molecule has 0 bridgehead atoms. The van der Waals surface area contributed by atoms with Gasteiger partial charge in [0.15, 0.2) is 6.61 Å². The quantitative estimate of drug-likeness (QED) is 0.530. The molecule has 188 valence electrons. The largest absolute Gasteiger partial charge is 0.452 e. The van der Waals surface area contributed by atoms with Gasteiger partial charge in [0.05, 0.1) is 16.1 Å². The number of nitrogens with one attached hydrogen (secondary N) is 2. The minimum atomic E-state index is -3.74. The lowest BCUT2D eigenvalue weighted by molar-refractivity contribution is -0.123. The van der Waals surface area contributed by atoms with Gasteiger partial charge >= 0.3 is 12.0 Å². The standard InChI is InChI=1S/C23H34N4O6S/c1-17(2)15-24-23(30)25-21(28)16-33-22(29)19-14-18(8-9-20(19)26-10-6-7-11-26)34(31,32)27-12-4-3-5-13-27/h8-9,14,17H,3-7,10-13,15-16H2,1-2H3,(H2,24,25,28,30). The molecule has 0 aromatic heterocycles. The van der Waals surface area contributed by atoms with E-state index in [1.807, 2.05) is 18.7 Å². The summed E-state index contributed by atoms with van der Waals surface area (Å²) in [5.74, 6) is -1.36. The first-order chi connectivity index (χ1) is 16.2. The molecule has 1 aromatic rings. The summed E-state index contributed by atoms with van der Waals surface area (Å²) in [6, 6.07) is 3.84. The van der Waals surface area contributed by atoms with Crippen molar-refractivity contribution in [1.29, 1.82) is 0 Å². The number of esters is 1. The topological polar surface area (TPSA) is 125 Å². The number of benzene rings is 1. The molecule has 3 rings (SSSR count). The number of piperidine rings is 1. The van der Waals surface area contributed by atoms with Crippen molar-refractivity contribution in [3.8, 4) is 0 Å². The van der Waals surface area contributed by atoms with Gasteiger partial charge in [-0.15, -0.1) is 0 Å². The number of carbonyl (C=O) groups is 3. The molecule has 0 atom stereocenters. The Bertz CT molecular complexity index is 999. The van der Waals surface area contributed by atoms with Crippen LogP contribution in [0.25, 0.3) is 0 Å². The Balaban J connectivity index is 1.74. The highest BCUT2D eigenvalue weighted by Crippen LogP contribution is 2.30. The van der Waals surface area contributed by atoms with Gasteiger partial charge in [-0.05, 0) is 49.8 Å². The summed E-state index contributed by atoms with van der Waals surface area (Å²) in [7, 11) is -3.74. The van der Waals surface area contributed by atoms with Crippen molar-refractivity contribution in [2.75, 3.05) is 44.2 Å². The maximum atomic E-state index is 13.1. The van der Waals surface area contributed by atoms with Crippen LogP contribution in [0.1, 0.15) is 56.3 Å². The van der Waals surface area contributed by atoms with Crippen molar-refractivity contribution >= 4 is 33.6 Å². The summed E-state index contributed by atoms with van der Waals surface area (Å²) in [5, 5.41) is 4.66. The molecule has 3 amide bonds. The van der Waals surface area contributed by atoms with Gasteiger partial charge in [0.2, 0.25) is 10.0 Å². The van der Waals surface area contributed by atoms with Crippen LogP contribution >= 0.6 is 0 Å². The second-order valence-electron chi connectivity index (χ2n) is 9.07. The predicted octanol–water partition coefficient (Wildman–Crippen LogP) is 2.10. The fourth-order valence-electron chi connectivity index (χ4n) is 4.04. The number of anilines is 1. The molecule has 2 aliphatic rings. The molecule has 0 unspecified atom stereocenters. The lowest BCUT2D eigenvalue weighted by Crippen LogP contribution is -2.42. The maximum Gasteiger partial charge on any atom is 0.340 e. The fourth-order valence-corrected chi connectivity index (χ4v) is 5.58. The number of ether oxygens (including phenoxy) is 1. The van der Waals surface area contributed by atoms with E-state index >= 15 is 0 Å². The van der Waals surface area contributed by atoms with Crippen molar-refractivity contribution in [3.05, 3.63) is 23.8 Å². The van der Waals surface area contributed by atoms with E-state index in [0.717, 1.165) is 45.2 Å². The van der Waals surface area contributed by atoms with E-state index in [-0.39, 0.29) is 16.4 Å². The zero-order valence-electron chi connectivity index (χ0n) is 19.8. The molecule has 2 N–H and O–H groups in total. The van der Waals surface area contributed by atoms with Crippen LogP contribution in [0.3, 0.4) is 0 Å². The van der Waals surface area contributed by atoms with Gasteiger partial charge < -0.3 is 15.0 Å². The van der Waals surface area contributed by atoms with Crippen LogP contribution in [0.4, 0.5) is 10.5 Å². The van der Waals surface area contributed by atoms with Crippen LogP contribution in [0.15, 0.2) is 23.1 Å². The van der Waals surface area contributed by atoms with E-state index in [4.69, 9.17) is 4.74 Å². The second kappa shape index (κ2) is 11.7. The van der Waals surface area contributed by atoms with E-state index < -0.39 is 34.5 Å². The van der Waals surface area contributed by atoms with Crippen molar-refractivity contribution in [2.45, 2.75) is 50.8 Å². The summed E-state index contributed by atoms with van der Waals surface area (Å²) >= 11 is 0. The molecule has 0 saturated carbocycles. The first-order valence-corrected chi connectivity index (χ1v) is 13.3. The van der Waals surface area contributed by atoms with E-state index in [0.29, 0.717) is 25.3 Å². The minimum absolute atomic E-state index is 0.0295.